The van der Waals surface area contributed by atoms with E-state index in [1.165, 1.54) is 23.6 Å². The molecule has 27 heavy (non-hydrogen) atoms. The van der Waals surface area contributed by atoms with Crippen LogP contribution in [0.1, 0.15) is 60.3 Å². The first kappa shape index (κ1) is 25.1. The van der Waals surface area contributed by atoms with Gasteiger partial charge in [0.15, 0.2) is 0 Å². The summed E-state index contributed by atoms with van der Waals surface area (Å²) in [5.74, 6) is 0.528. The van der Waals surface area contributed by atoms with E-state index < -0.39 is 11.8 Å². The van der Waals surface area contributed by atoms with Gasteiger partial charge < -0.3 is 10.8 Å². The van der Waals surface area contributed by atoms with E-state index in [0.717, 1.165) is 37.7 Å². The van der Waals surface area contributed by atoms with E-state index in [0.29, 0.717) is 5.75 Å². The predicted octanol–water partition coefficient (Wildman–Crippen LogP) is 4.51. The van der Waals surface area contributed by atoms with Gasteiger partial charge in [-0.2, -0.15) is 16.6 Å². The Hall–Kier alpha value is -1.91. The van der Waals surface area contributed by atoms with Gasteiger partial charge in [0, 0.05) is 18.4 Å². The number of carbonyl (C=O) groups excluding carboxylic acids is 2. The molecule has 0 saturated carbocycles. The molecule has 0 aromatic carbocycles. The average molecular weight is 392 g/mol. The van der Waals surface area contributed by atoms with Gasteiger partial charge in [-0.1, -0.05) is 34.9 Å². The molecule has 0 unspecified atom stereocenters. The van der Waals surface area contributed by atoms with Crippen LogP contribution in [-0.2, 0) is 9.59 Å². The second-order valence-electron chi connectivity index (χ2n) is 6.90. The lowest BCUT2D eigenvalue weighted by molar-refractivity contribution is -0.124. The molecule has 1 amide bonds. The summed E-state index contributed by atoms with van der Waals surface area (Å²) in [6, 6.07) is -0.663. The van der Waals surface area contributed by atoms with E-state index in [1.807, 2.05) is 0 Å². The highest BCUT2D eigenvalue weighted by Crippen LogP contribution is 2.13. The van der Waals surface area contributed by atoms with Gasteiger partial charge >= 0.3 is 6.21 Å². The average Bonchev–Trinajstić information content (AvgIpc) is 2.57. The summed E-state index contributed by atoms with van der Waals surface area (Å²) >= 11 is 1.56. The number of nitrogens with one attached hydrogen (secondary N) is 1. The molecule has 0 saturated heterocycles. The van der Waals surface area contributed by atoms with Crippen LogP contribution in [0, 0.1) is 0 Å². The molecule has 150 valence electrons. The zero-order valence-electron chi connectivity index (χ0n) is 17.2. The Labute approximate surface area is 168 Å². The molecule has 1 N–H and O–H groups in total. The van der Waals surface area contributed by atoms with Crippen molar-refractivity contribution in [3.63, 3.8) is 0 Å². The van der Waals surface area contributed by atoms with E-state index in [2.05, 4.69) is 56.0 Å². The molecular weight excluding hydrogens is 358 g/mol. The molecular formula is C21H33N3O2S. The monoisotopic (exact) mass is 391 g/mol. The zero-order chi connectivity index (χ0) is 20.7. The van der Waals surface area contributed by atoms with Gasteiger partial charge in [0.1, 0.15) is 6.04 Å². The first-order valence-electron chi connectivity index (χ1n) is 9.27. The minimum absolute atomic E-state index is 0.279. The second-order valence-corrected chi connectivity index (χ2v) is 7.97. The van der Waals surface area contributed by atoms with Gasteiger partial charge in [-0.25, -0.2) is 0 Å². The highest BCUT2D eigenvalue weighted by Gasteiger charge is 2.20. The third kappa shape index (κ3) is 14.9. The maximum absolute atomic E-state index is 11.8. The number of nitrogens with zero attached hydrogens (tertiary/aromatic N) is 2. The fraction of sp³-hybridized carbons (Fsp3) is 0.571. The SMILES string of the molecule is CC(=O)N[C@@H](CSC/C=C(\C)CC/C=C(\C)CCC=C(C)C)C(=O)C=[N+]=[N-]. The highest BCUT2D eigenvalue weighted by atomic mass is 32.2. The molecule has 1 atom stereocenters. The highest BCUT2D eigenvalue weighted by molar-refractivity contribution is 7.99. The van der Waals surface area contributed by atoms with Gasteiger partial charge in [-0.15, -0.1) is 0 Å². The summed E-state index contributed by atoms with van der Waals surface area (Å²) < 4.78 is 0. The van der Waals surface area contributed by atoms with E-state index in [-0.39, 0.29) is 5.91 Å². The molecule has 0 aliphatic rings. The van der Waals surface area contributed by atoms with Gasteiger partial charge in [0.05, 0.1) is 0 Å². The standard InChI is InChI=1S/C21H33N3O2S/c1-16(2)8-6-9-17(3)10-7-11-18(4)12-13-27-15-20(24-19(5)25)21(26)14-23-22/h8,10,12,14,20H,6-7,9,11,13,15H2,1-5H3,(H,24,25)/b17-10+,18-12+/t20-/m0/s1. The normalized spacial score (nSPS) is 12.8. The van der Waals surface area contributed by atoms with Gasteiger partial charge in [0.2, 0.25) is 5.91 Å². The summed E-state index contributed by atoms with van der Waals surface area (Å²) in [6.45, 7) is 9.91. The number of Topliss-reactive ketones (excluding diaryl/α,β-unsaturated/α-hetero) is 1. The molecule has 6 heteroatoms. The Bertz CT molecular complexity index is 625. The van der Waals surface area contributed by atoms with Crippen molar-refractivity contribution in [2.24, 2.45) is 0 Å². The largest absolute Gasteiger partial charge is 0.361 e. The maximum Gasteiger partial charge on any atom is 0.325 e. The second kappa shape index (κ2) is 15.2. The summed E-state index contributed by atoms with van der Waals surface area (Å²) in [5.41, 5.74) is 12.6. The molecule has 0 aromatic rings. The molecule has 0 radical (unpaired) electrons. The third-order valence-corrected chi connectivity index (χ3v) is 4.83. The smallest absolute Gasteiger partial charge is 0.325 e. The number of ketones is 1. The van der Waals surface area contributed by atoms with E-state index in [9.17, 15) is 9.59 Å². The lowest BCUT2D eigenvalue weighted by Gasteiger charge is -2.12. The van der Waals surface area contributed by atoms with Crippen LogP contribution in [0.3, 0.4) is 0 Å². The first-order chi connectivity index (χ1) is 12.8. The van der Waals surface area contributed by atoms with Gasteiger partial charge in [-0.05, 0) is 53.4 Å². The first-order valence-corrected chi connectivity index (χ1v) is 10.4. The summed E-state index contributed by atoms with van der Waals surface area (Å²) in [4.78, 5) is 25.7. The molecule has 0 aromatic heterocycles. The van der Waals surface area contributed by atoms with Crippen LogP contribution >= 0.6 is 11.8 Å². The summed E-state index contributed by atoms with van der Waals surface area (Å²) in [5, 5.41) is 2.58. The van der Waals surface area contributed by atoms with Crippen LogP contribution < -0.4 is 5.32 Å². The zero-order valence-corrected chi connectivity index (χ0v) is 18.1. The molecule has 0 aliphatic heterocycles. The molecule has 0 fully saturated rings. The Kier molecular flexibility index (Phi) is 14.1. The van der Waals surface area contributed by atoms with Crippen molar-refractivity contribution in [2.75, 3.05) is 11.5 Å². The van der Waals surface area contributed by atoms with Crippen molar-refractivity contribution in [3.8, 4) is 0 Å². The number of thioether (sulfide) groups is 1. The van der Waals surface area contributed by atoms with Crippen LogP contribution in [0.15, 0.2) is 34.9 Å². The number of hydrogen-bond donors (Lipinski definition) is 1. The lowest BCUT2D eigenvalue weighted by Crippen LogP contribution is -2.42. The van der Waals surface area contributed by atoms with Gasteiger partial charge in [-0.3, -0.25) is 9.59 Å². The van der Waals surface area contributed by atoms with Crippen molar-refractivity contribution < 1.29 is 14.4 Å². The van der Waals surface area contributed by atoms with Crippen LogP contribution in [0.4, 0.5) is 0 Å². The maximum atomic E-state index is 11.8. The van der Waals surface area contributed by atoms with Crippen LogP contribution in [0.5, 0.6) is 0 Å². The topological polar surface area (TPSA) is 82.6 Å². The molecule has 0 bridgehead atoms. The Morgan fingerprint density at radius 2 is 1.59 bits per heavy atom. The van der Waals surface area contributed by atoms with Crippen LogP contribution in [-0.4, -0.2) is 40.2 Å². The van der Waals surface area contributed by atoms with E-state index in [1.54, 1.807) is 11.8 Å². The third-order valence-electron chi connectivity index (χ3n) is 3.86. The van der Waals surface area contributed by atoms with Crippen molar-refractivity contribution in [1.82, 2.24) is 5.32 Å². The molecule has 0 rings (SSSR count). The van der Waals surface area contributed by atoms with Crippen molar-refractivity contribution in [3.05, 3.63) is 40.5 Å². The Morgan fingerprint density at radius 1 is 1.00 bits per heavy atom. The fourth-order valence-electron chi connectivity index (χ4n) is 2.31. The Balaban J connectivity index is 4.26. The Morgan fingerprint density at radius 3 is 2.15 bits per heavy atom. The van der Waals surface area contributed by atoms with Crippen molar-refractivity contribution in [2.45, 2.75) is 66.3 Å². The molecule has 0 spiro atoms. The summed E-state index contributed by atoms with van der Waals surface area (Å²) in [7, 11) is 0. The summed E-state index contributed by atoms with van der Waals surface area (Å²) in [6.07, 6.45) is 11.8. The number of allylic oxidation sites excluding steroid dienone is 5. The fourth-order valence-corrected chi connectivity index (χ4v) is 3.33. The van der Waals surface area contributed by atoms with E-state index >= 15 is 0 Å². The van der Waals surface area contributed by atoms with Crippen LogP contribution in [0.2, 0.25) is 0 Å². The number of hydrogen-bond acceptors (Lipinski definition) is 3. The molecule has 0 aliphatic carbocycles. The molecule has 0 heterocycles. The van der Waals surface area contributed by atoms with Crippen LogP contribution in [0.25, 0.3) is 5.53 Å². The number of amides is 1. The van der Waals surface area contributed by atoms with Crippen molar-refractivity contribution >= 4 is 29.7 Å². The predicted molar refractivity (Wildman–Crippen MR) is 115 cm³/mol. The number of rotatable bonds is 13. The quantitative estimate of drug-likeness (QED) is 0.165. The van der Waals surface area contributed by atoms with E-state index in [4.69, 9.17) is 5.53 Å². The number of carbonyl (C=O) groups is 2. The minimum Gasteiger partial charge on any atom is -0.361 e. The van der Waals surface area contributed by atoms with Gasteiger partial charge in [0.25, 0.3) is 5.78 Å². The lowest BCUT2D eigenvalue weighted by atomic mass is 10.1. The van der Waals surface area contributed by atoms with Crippen molar-refractivity contribution in [1.29, 1.82) is 0 Å². The minimum atomic E-state index is -0.663. The molecule has 5 nitrogen and oxygen atoms in total.